The smallest absolute Gasteiger partial charge is 0.164 e. The molecule has 1 aliphatic heterocycles. The van der Waals surface area contributed by atoms with Gasteiger partial charge in [-0.1, -0.05) is 121 Å². The van der Waals surface area contributed by atoms with Gasteiger partial charge >= 0.3 is 0 Å². The fraction of sp³-hybridized carbons (Fsp3) is 0.0192. The Hall–Kier alpha value is -7.83. The van der Waals surface area contributed by atoms with Crippen molar-refractivity contribution < 1.29 is 8.83 Å². The zero-order chi connectivity index (χ0) is 38.2. The number of benzene rings is 8. The van der Waals surface area contributed by atoms with Crippen molar-refractivity contribution in [1.82, 2.24) is 15.0 Å². The summed E-state index contributed by atoms with van der Waals surface area (Å²) in [6.07, 6.45) is 4.28. The Kier molecular flexibility index (Phi) is 7.19. The largest absolute Gasteiger partial charge is 0.456 e. The lowest BCUT2D eigenvalue weighted by Gasteiger charge is -2.14. The molecule has 0 amide bonds. The third-order valence-corrected chi connectivity index (χ3v) is 11.3. The third-order valence-electron chi connectivity index (χ3n) is 11.3. The number of nitrogens with zero attached hydrogens (tertiary/aromatic N) is 3. The molecule has 0 bridgehead atoms. The van der Waals surface area contributed by atoms with Crippen LogP contribution in [0.25, 0.3) is 117 Å². The topological polar surface area (TPSA) is 77.0 Å². The van der Waals surface area contributed by atoms with Gasteiger partial charge in [0.15, 0.2) is 17.5 Å². The van der Waals surface area contributed by atoms with Crippen LogP contribution in [-0.4, -0.2) is 21.5 Å². The molecular formula is C52H32N4O2. The molecule has 8 aromatic carbocycles. The normalized spacial score (nSPS) is 12.5. The summed E-state index contributed by atoms with van der Waals surface area (Å²) in [7, 11) is 0. The highest BCUT2D eigenvalue weighted by Gasteiger charge is 2.20. The first-order chi connectivity index (χ1) is 28.7. The Labute approximate surface area is 332 Å². The Morgan fingerprint density at radius 1 is 0.414 bits per heavy atom. The highest BCUT2D eigenvalue weighted by atomic mass is 16.3. The number of aromatic nitrogens is 3. The van der Waals surface area contributed by atoms with Crippen molar-refractivity contribution in [3.05, 3.63) is 175 Å². The molecule has 12 rings (SSSR count). The Morgan fingerprint density at radius 2 is 1.10 bits per heavy atom. The van der Waals surface area contributed by atoms with Gasteiger partial charge in [-0.15, -0.1) is 0 Å². The SMILES string of the molecule is C1=Cc2cc3oc4cccc(-c5cc(-c6nc(-c7cccc(-c8ccccc8)c7)nc(-c7ccc8c(c7)oc7ccccc78)n6)c6ccccc6c5)c4c3cc2NC1. The first-order valence-corrected chi connectivity index (χ1v) is 19.5. The van der Waals surface area contributed by atoms with E-state index in [0.717, 1.165) is 111 Å². The minimum atomic E-state index is 0.566. The fourth-order valence-corrected chi connectivity index (χ4v) is 8.51. The zero-order valence-electron chi connectivity index (χ0n) is 31.1. The van der Waals surface area contributed by atoms with Crippen LogP contribution >= 0.6 is 0 Å². The highest BCUT2D eigenvalue weighted by Crippen LogP contribution is 2.42. The Morgan fingerprint density at radius 3 is 2.02 bits per heavy atom. The molecule has 0 atom stereocenters. The molecule has 0 spiro atoms. The lowest BCUT2D eigenvalue weighted by molar-refractivity contribution is 0.668. The molecule has 11 aromatic rings. The Bertz CT molecular complexity index is 3470. The molecular weight excluding hydrogens is 713 g/mol. The van der Waals surface area contributed by atoms with Gasteiger partial charge in [-0.2, -0.15) is 0 Å². The molecule has 0 fully saturated rings. The Balaban J connectivity index is 1.09. The zero-order valence-corrected chi connectivity index (χ0v) is 31.1. The van der Waals surface area contributed by atoms with Crippen LogP contribution in [0, 0.1) is 0 Å². The second-order valence-electron chi connectivity index (χ2n) is 14.8. The number of hydrogen-bond acceptors (Lipinski definition) is 6. The van der Waals surface area contributed by atoms with Gasteiger partial charge in [0.25, 0.3) is 0 Å². The van der Waals surface area contributed by atoms with Crippen molar-refractivity contribution in [2.75, 3.05) is 11.9 Å². The standard InChI is InChI=1S/C52H32N4O2/c1-2-11-31(12-3-1)32-14-8-15-35(25-32)50-54-51(36-22-23-41-40-18-6-7-20-45(40)57-47(41)29-36)56-52(55-50)42-27-37(26-33-13-4-5-17-38(33)42)39-19-9-21-46-49(39)43-30-44-34(16-10-24-53-44)28-48(43)58-46/h1-23,25-30,53H,24H2. The van der Waals surface area contributed by atoms with Crippen LogP contribution in [0.15, 0.2) is 179 Å². The van der Waals surface area contributed by atoms with Gasteiger partial charge in [0.05, 0.1) is 0 Å². The van der Waals surface area contributed by atoms with Crippen molar-refractivity contribution in [3.8, 4) is 56.4 Å². The van der Waals surface area contributed by atoms with E-state index in [1.807, 2.05) is 30.3 Å². The van der Waals surface area contributed by atoms with Crippen LogP contribution in [0.5, 0.6) is 0 Å². The van der Waals surface area contributed by atoms with Crippen LogP contribution in [0.1, 0.15) is 5.56 Å². The summed E-state index contributed by atoms with van der Waals surface area (Å²) in [6, 6.07) is 56.7. The molecule has 3 aromatic heterocycles. The molecule has 4 heterocycles. The summed E-state index contributed by atoms with van der Waals surface area (Å²) in [5, 5.41) is 9.95. The number of anilines is 1. The van der Waals surface area contributed by atoms with Crippen LogP contribution in [0.4, 0.5) is 5.69 Å². The number of hydrogen-bond donors (Lipinski definition) is 1. The maximum atomic E-state index is 6.50. The number of rotatable bonds is 5. The summed E-state index contributed by atoms with van der Waals surface area (Å²) < 4.78 is 12.8. The van der Waals surface area contributed by atoms with Crippen LogP contribution in [0.3, 0.4) is 0 Å². The van der Waals surface area contributed by atoms with E-state index < -0.39 is 0 Å². The van der Waals surface area contributed by atoms with Gasteiger partial charge in [0.2, 0.25) is 0 Å². The van der Waals surface area contributed by atoms with Crippen molar-refractivity contribution in [1.29, 1.82) is 0 Å². The number of furan rings is 2. The van der Waals surface area contributed by atoms with E-state index in [4.69, 9.17) is 23.8 Å². The monoisotopic (exact) mass is 744 g/mol. The summed E-state index contributed by atoms with van der Waals surface area (Å²) in [5.41, 5.74) is 12.6. The summed E-state index contributed by atoms with van der Waals surface area (Å²) in [6.45, 7) is 0.799. The van der Waals surface area contributed by atoms with Crippen LogP contribution in [0.2, 0.25) is 0 Å². The molecule has 0 aliphatic carbocycles. The number of para-hydroxylation sites is 1. The highest BCUT2D eigenvalue weighted by molar-refractivity contribution is 6.15. The average Bonchev–Trinajstić information content (AvgIpc) is 3.85. The molecule has 0 saturated heterocycles. The minimum Gasteiger partial charge on any atom is -0.456 e. The van der Waals surface area contributed by atoms with Crippen LogP contribution < -0.4 is 5.32 Å². The quantitative estimate of drug-likeness (QED) is 0.189. The van der Waals surface area contributed by atoms with Crippen molar-refractivity contribution in [2.45, 2.75) is 0 Å². The molecule has 0 radical (unpaired) electrons. The lowest BCUT2D eigenvalue weighted by Crippen LogP contribution is -2.03. The maximum absolute atomic E-state index is 6.50. The van der Waals surface area contributed by atoms with Crippen LogP contribution in [-0.2, 0) is 0 Å². The molecule has 0 saturated carbocycles. The first kappa shape index (κ1) is 32.4. The number of fused-ring (bicyclic) bond motifs is 8. The van der Waals surface area contributed by atoms with Crippen molar-refractivity contribution in [3.63, 3.8) is 0 Å². The van der Waals surface area contributed by atoms with E-state index in [-0.39, 0.29) is 0 Å². The van der Waals surface area contributed by atoms with E-state index >= 15 is 0 Å². The van der Waals surface area contributed by atoms with Gasteiger partial charge in [-0.25, -0.2) is 15.0 Å². The van der Waals surface area contributed by atoms with E-state index in [1.54, 1.807) is 0 Å². The summed E-state index contributed by atoms with van der Waals surface area (Å²) in [5.74, 6) is 1.74. The molecule has 1 aliphatic rings. The van der Waals surface area contributed by atoms with Crippen molar-refractivity contribution in [2.24, 2.45) is 0 Å². The van der Waals surface area contributed by atoms with Gasteiger partial charge in [0, 0.05) is 56.0 Å². The second-order valence-corrected chi connectivity index (χ2v) is 14.8. The maximum Gasteiger partial charge on any atom is 0.164 e. The van der Waals surface area contributed by atoms with E-state index in [1.165, 1.54) is 0 Å². The number of nitrogens with one attached hydrogen (secondary N) is 1. The minimum absolute atomic E-state index is 0.566. The average molecular weight is 745 g/mol. The first-order valence-electron chi connectivity index (χ1n) is 19.5. The lowest BCUT2D eigenvalue weighted by atomic mass is 9.93. The molecule has 6 heteroatoms. The molecule has 272 valence electrons. The summed E-state index contributed by atoms with van der Waals surface area (Å²) in [4.78, 5) is 15.7. The fourth-order valence-electron chi connectivity index (χ4n) is 8.51. The molecule has 6 nitrogen and oxygen atoms in total. The molecule has 0 unspecified atom stereocenters. The predicted octanol–water partition coefficient (Wildman–Crippen LogP) is 13.6. The van der Waals surface area contributed by atoms with Crippen molar-refractivity contribution >= 4 is 66.4 Å². The van der Waals surface area contributed by atoms with Gasteiger partial charge in [-0.3, -0.25) is 0 Å². The van der Waals surface area contributed by atoms with Gasteiger partial charge in [0.1, 0.15) is 22.3 Å². The molecule has 58 heavy (non-hydrogen) atoms. The van der Waals surface area contributed by atoms with Gasteiger partial charge < -0.3 is 14.2 Å². The third kappa shape index (κ3) is 5.30. The second kappa shape index (κ2) is 12.9. The van der Waals surface area contributed by atoms with E-state index in [2.05, 4.69) is 151 Å². The van der Waals surface area contributed by atoms with E-state index in [9.17, 15) is 0 Å². The summed E-state index contributed by atoms with van der Waals surface area (Å²) >= 11 is 0. The van der Waals surface area contributed by atoms with E-state index in [0.29, 0.717) is 17.5 Å². The molecule has 1 N–H and O–H groups in total. The van der Waals surface area contributed by atoms with Gasteiger partial charge in [-0.05, 0) is 87.6 Å². The predicted molar refractivity (Wildman–Crippen MR) is 237 cm³/mol.